The summed E-state index contributed by atoms with van der Waals surface area (Å²) in [5.41, 5.74) is -0.333. The number of benzene rings is 1. The van der Waals surface area contributed by atoms with Crippen molar-refractivity contribution in [1.82, 2.24) is 5.32 Å². The van der Waals surface area contributed by atoms with Crippen LogP contribution < -0.4 is 5.32 Å². The average molecular weight is 307 g/mol. The lowest BCUT2D eigenvalue weighted by Gasteiger charge is -2.45. The van der Waals surface area contributed by atoms with Crippen molar-refractivity contribution in [3.05, 3.63) is 35.9 Å². The second-order valence-electron chi connectivity index (χ2n) is 6.26. The summed E-state index contributed by atoms with van der Waals surface area (Å²) in [6, 6.07) is 9.76. The fourth-order valence-corrected chi connectivity index (χ4v) is 3.88. The minimum Gasteiger partial charge on any atom is -0.387 e. The molecule has 1 saturated carbocycles. The Kier molecular flexibility index (Phi) is 4.99. The van der Waals surface area contributed by atoms with Crippen LogP contribution in [0.3, 0.4) is 0 Å². The number of hydrogen-bond donors (Lipinski definition) is 2. The van der Waals surface area contributed by atoms with Crippen LogP contribution in [0.2, 0.25) is 0 Å². The van der Waals surface area contributed by atoms with E-state index in [-0.39, 0.29) is 11.2 Å². The Hall–Kier alpha value is -1.00. The zero-order valence-electron chi connectivity index (χ0n) is 13.1. The maximum absolute atomic E-state index is 12.5. The van der Waals surface area contributed by atoms with E-state index >= 15 is 0 Å². The summed E-state index contributed by atoms with van der Waals surface area (Å²) in [4.78, 5) is 12.5. The number of nitrogens with one attached hydrogen (secondary N) is 1. The van der Waals surface area contributed by atoms with E-state index in [2.05, 4.69) is 12.2 Å². The topological polar surface area (TPSA) is 49.3 Å². The molecule has 0 saturated heterocycles. The van der Waals surface area contributed by atoms with Crippen molar-refractivity contribution in [3.8, 4) is 0 Å². The fourth-order valence-electron chi connectivity index (χ4n) is 2.68. The maximum atomic E-state index is 12.5. The predicted octanol–water partition coefficient (Wildman–Crippen LogP) is 2.73. The van der Waals surface area contributed by atoms with Gasteiger partial charge < -0.3 is 10.4 Å². The first-order chi connectivity index (χ1) is 9.90. The molecule has 1 amide bonds. The lowest BCUT2D eigenvalue weighted by Crippen LogP contribution is -2.58. The van der Waals surface area contributed by atoms with E-state index in [0.29, 0.717) is 6.54 Å². The van der Waals surface area contributed by atoms with Crippen LogP contribution >= 0.6 is 11.8 Å². The van der Waals surface area contributed by atoms with Gasteiger partial charge in [-0.25, -0.2) is 0 Å². The molecule has 21 heavy (non-hydrogen) atoms. The van der Waals surface area contributed by atoms with Gasteiger partial charge in [-0.15, -0.1) is 0 Å². The SMILES string of the molecule is CCS[C@H]1CC[C@]1(O)CNC(=O)C(C)(C)c1ccccc1. The lowest BCUT2D eigenvalue weighted by molar-refractivity contribution is -0.127. The van der Waals surface area contributed by atoms with Crippen molar-refractivity contribution in [2.45, 2.75) is 49.9 Å². The first-order valence-electron chi connectivity index (χ1n) is 7.58. The molecule has 0 heterocycles. The number of carbonyl (C=O) groups is 1. The molecule has 3 nitrogen and oxygen atoms in total. The van der Waals surface area contributed by atoms with Gasteiger partial charge in [0, 0.05) is 11.8 Å². The quantitative estimate of drug-likeness (QED) is 0.849. The third-order valence-electron chi connectivity index (χ3n) is 4.42. The van der Waals surface area contributed by atoms with Crippen LogP contribution in [0, 0.1) is 0 Å². The van der Waals surface area contributed by atoms with Gasteiger partial charge >= 0.3 is 0 Å². The molecule has 0 radical (unpaired) electrons. The van der Waals surface area contributed by atoms with Crippen molar-refractivity contribution in [2.24, 2.45) is 0 Å². The zero-order chi connectivity index (χ0) is 15.5. The van der Waals surface area contributed by atoms with E-state index in [9.17, 15) is 9.90 Å². The van der Waals surface area contributed by atoms with E-state index < -0.39 is 11.0 Å². The van der Waals surface area contributed by atoms with E-state index in [4.69, 9.17) is 0 Å². The zero-order valence-corrected chi connectivity index (χ0v) is 13.9. The van der Waals surface area contributed by atoms with Gasteiger partial charge in [-0.2, -0.15) is 11.8 Å². The maximum Gasteiger partial charge on any atom is 0.230 e. The van der Waals surface area contributed by atoms with Crippen molar-refractivity contribution < 1.29 is 9.90 Å². The minimum atomic E-state index is -0.733. The molecule has 2 atom stereocenters. The van der Waals surface area contributed by atoms with Gasteiger partial charge in [-0.1, -0.05) is 37.3 Å². The van der Waals surface area contributed by atoms with Crippen molar-refractivity contribution in [3.63, 3.8) is 0 Å². The molecule has 0 bridgehead atoms. The van der Waals surface area contributed by atoms with Crippen LogP contribution in [-0.2, 0) is 10.2 Å². The smallest absolute Gasteiger partial charge is 0.230 e. The third kappa shape index (κ3) is 3.43. The highest BCUT2D eigenvalue weighted by atomic mass is 32.2. The Labute approximate surface area is 131 Å². The predicted molar refractivity (Wildman–Crippen MR) is 88.6 cm³/mol. The van der Waals surface area contributed by atoms with E-state index in [0.717, 1.165) is 24.2 Å². The summed E-state index contributed by atoms with van der Waals surface area (Å²) in [6.07, 6.45) is 1.81. The monoisotopic (exact) mass is 307 g/mol. The van der Waals surface area contributed by atoms with Crippen LogP contribution in [0.1, 0.15) is 39.2 Å². The lowest BCUT2D eigenvalue weighted by atomic mass is 9.78. The second kappa shape index (κ2) is 6.41. The normalized spacial score (nSPS) is 25.2. The number of thioether (sulfide) groups is 1. The van der Waals surface area contributed by atoms with Crippen LogP contribution in [0.25, 0.3) is 0 Å². The summed E-state index contributed by atoms with van der Waals surface area (Å²) >= 11 is 1.78. The third-order valence-corrected chi connectivity index (χ3v) is 5.83. The Morgan fingerprint density at radius 3 is 2.62 bits per heavy atom. The molecule has 2 N–H and O–H groups in total. The summed E-state index contributed by atoms with van der Waals surface area (Å²) in [5.74, 6) is 0.963. The number of rotatable bonds is 6. The fraction of sp³-hybridized carbons (Fsp3) is 0.588. The number of aliphatic hydroxyl groups is 1. The van der Waals surface area contributed by atoms with Gasteiger partial charge in [0.15, 0.2) is 0 Å². The molecule has 0 aromatic heterocycles. The molecule has 2 rings (SSSR count). The molecular weight excluding hydrogens is 282 g/mol. The van der Waals surface area contributed by atoms with Gasteiger partial charge in [0.05, 0.1) is 11.0 Å². The molecule has 4 heteroatoms. The summed E-state index contributed by atoms with van der Waals surface area (Å²) in [6.45, 7) is 6.28. The highest BCUT2D eigenvalue weighted by Gasteiger charge is 2.45. The van der Waals surface area contributed by atoms with Gasteiger partial charge in [0.1, 0.15) is 0 Å². The summed E-state index contributed by atoms with van der Waals surface area (Å²) < 4.78 is 0. The highest BCUT2D eigenvalue weighted by molar-refractivity contribution is 8.00. The van der Waals surface area contributed by atoms with E-state index in [1.54, 1.807) is 11.8 Å². The van der Waals surface area contributed by atoms with Crippen molar-refractivity contribution >= 4 is 17.7 Å². The first-order valence-corrected chi connectivity index (χ1v) is 8.63. The van der Waals surface area contributed by atoms with Crippen molar-refractivity contribution in [2.75, 3.05) is 12.3 Å². The molecule has 0 spiro atoms. The Morgan fingerprint density at radius 1 is 1.43 bits per heavy atom. The second-order valence-corrected chi connectivity index (χ2v) is 7.74. The van der Waals surface area contributed by atoms with E-state index in [1.807, 2.05) is 44.2 Å². The highest BCUT2D eigenvalue weighted by Crippen LogP contribution is 2.40. The molecule has 0 unspecified atom stereocenters. The Bertz CT molecular complexity index is 489. The van der Waals surface area contributed by atoms with Crippen LogP contribution in [0.15, 0.2) is 30.3 Å². The molecule has 0 aliphatic heterocycles. The number of carbonyl (C=O) groups excluding carboxylic acids is 1. The number of amides is 1. The van der Waals surface area contributed by atoms with Crippen LogP contribution in [-0.4, -0.2) is 34.2 Å². The molecule has 116 valence electrons. The van der Waals surface area contributed by atoms with Gasteiger partial charge in [-0.3, -0.25) is 4.79 Å². The molecule has 1 aliphatic rings. The van der Waals surface area contributed by atoms with Crippen LogP contribution in [0.5, 0.6) is 0 Å². The summed E-state index contributed by atoms with van der Waals surface area (Å²) in [5, 5.41) is 13.8. The largest absolute Gasteiger partial charge is 0.387 e. The molecule has 1 fully saturated rings. The number of hydrogen-bond acceptors (Lipinski definition) is 3. The average Bonchev–Trinajstić information content (AvgIpc) is 2.49. The Morgan fingerprint density at radius 2 is 2.10 bits per heavy atom. The first kappa shape index (κ1) is 16.4. The van der Waals surface area contributed by atoms with Gasteiger partial charge in [0.2, 0.25) is 5.91 Å². The van der Waals surface area contributed by atoms with Crippen molar-refractivity contribution in [1.29, 1.82) is 0 Å². The molecule has 1 aromatic rings. The van der Waals surface area contributed by atoms with Gasteiger partial charge in [0.25, 0.3) is 0 Å². The summed E-state index contributed by atoms with van der Waals surface area (Å²) in [7, 11) is 0. The minimum absolute atomic E-state index is 0.0331. The molecule has 1 aromatic carbocycles. The standard InChI is InChI=1S/C17H25NO2S/c1-4-21-14-10-11-17(14,20)12-18-15(19)16(2,3)13-8-6-5-7-9-13/h5-9,14,20H,4,10-12H2,1-3H3,(H,18,19)/t14-,17-/m0/s1. The Balaban J connectivity index is 1.96. The van der Waals surface area contributed by atoms with Crippen LogP contribution in [0.4, 0.5) is 0 Å². The van der Waals surface area contributed by atoms with E-state index in [1.165, 1.54) is 0 Å². The molecular formula is C17H25NO2S. The molecule has 1 aliphatic carbocycles. The van der Waals surface area contributed by atoms with Gasteiger partial charge in [-0.05, 0) is 38.0 Å².